The number of aromatic nitrogens is 2. The number of benzene rings is 1. The number of hydrazone groups is 1. The maximum Gasteiger partial charge on any atom is 0.350 e. The summed E-state index contributed by atoms with van der Waals surface area (Å²) >= 11 is 0. The van der Waals surface area contributed by atoms with Crippen molar-refractivity contribution in [2.45, 2.75) is 26.8 Å². The van der Waals surface area contributed by atoms with E-state index < -0.39 is 16.9 Å². The van der Waals surface area contributed by atoms with Gasteiger partial charge in [0.2, 0.25) is 0 Å². The van der Waals surface area contributed by atoms with Crippen LogP contribution >= 0.6 is 0 Å². The van der Waals surface area contributed by atoms with Gasteiger partial charge in [-0.2, -0.15) is 5.10 Å². The number of nitrogens with zero attached hydrogens (tertiary/aromatic N) is 4. The van der Waals surface area contributed by atoms with E-state index >= 15 is 0 Å². The van der Waals surface area contributed by atoms with Crippen molar-refractivity contribution < 1.29 is 23.7 Å². The summed E-state index contributed by atoms with van der Waals surface area (Å²) in [5.41, 5.74) is 3.73. The Hall–Kier alpha value is -4.48. The number of anilines is 1. The van der Waals surface area contributed by atoms with Crippen LogP contribution in [0.3, 0.4) is 0 Å². The zero-order chi connectivity index (χ0) is 24.1. The van der Waals surface area contributed by atoms with E-state index in [1.165, 1.54) is 14.0 Å². The maximum absolute atomic E-state index is 12.5. The minimum absolute atomic E-state index is 0.192. The van der Waals surface area contributed by atoms with Crippen molar-refractivity contribution in [2.24, 2.45) is 5.10 Å². The number of furan rings is 1. The molecule has 0 aliphatic heterocycles. The summed E-state index contributed by atoms with van der Waals surface area (Å²) in [7, 11) is 1.25. The van der Waals surface area contributed by atoms with Crippen molar-refractivity contribution in [2.75, 3.05) is 12.4 Å². The first kappa shape index (κ1) is 23.2. The number of carbonyl (C=O) groups excluding carboxylic acids is 2. The molecule has 0 aliphatic carbocycles. The first-order chi connectivity index (χ1) is 15.7. The van der Waals surface area contributed by atoms with E-state index in [4.69, 9.17) is 9.15 Å². The van der Waals surface area contributed by atoms with Crippen LogP contribution in [-0.4, -0.2) is 39.3 Å². The Labute approximate surface area is 188 Å². The first-order valence-electron chi connectivity index (χ1n) is 9.79. The van der Waals surface area contributed by atoms with Crippen LogP contribution in [0, 0.1) is 17.0 Å². The van der Waals surface area contributed by atoms with Crippen LogP contribution in [0.4, 0.5) is 11.4 Å². The molecule has 1 aromatic carbocycles. The summed E-state index contributed by atoms with van der Waals surface area (Å²) in [6.07, 6.45) is 1.12. The molecule has 2 amide bonds. The SMILES string of the molecule is COc1nn([C@H](C)C(=O)N/N=C(/C)c2cccc(NC(=O)c3ccc(C)o3)c2)cc1[N+](=O)[O-]. The minimum atomic E-state index is -0.883. The second kappa shape index (κ2) is 9.77. The fourth-order valence-electron chi connectivity index (χ4n) is 2.82. The maximum atomic E-state index is 12.5. The fraction of sp³-hybridized carbons (Fsp3) is 0.238. The van der Waals surface area contributed by atoms with Crippen LogP contribution in [0.5, 0.6) is 5.88 Å². The molecule has 3 rings (SSSR count). The van der Waals surface area contributed by atoms with Crippen molar-refractivity contribution in [3.63, 3.8) is 0 Å². The second-order valence-corrected chi connectivity index (χ2v) is 7.06. The molecule has 2 aromatic heterocycles. The topological polar surface area (TPSA) is 154 Å². The number of hydrogen-bond donors (Lipinski definition) is 2. The van der Waals surface area contributed by atoms with Gasteiger partial charge >= 0.3 is 11.6 Å². The zero-order valence-corrected chi connectivity index (χ0v) is 18.4. The van der Waals surface area contributed by atoms with Gasteiger partial charge in [-0.15, -0.1) is 5.10 Å². The highest BCUT2D eigenvalue weighted by Gasteiger charge is 2.25. The molecule has 0 saturated heterocycles. The van der Waals surface area contributed by atoms with Gasteiger partial charge in [-0.3, -0.25) is 19.7 Å². The Bertz CT molecular complexity index is 1230. The Morgan fingerprint density at radius 3 is 2.67 bits per heavy atom. The Morgan fingerprint density at radius 2 is 2.06 bits per heavy atom. The summed E-state index contributed by atoms with van der Waals surface area (Å²) < 4.78 is 11.3. The zero-order valence-electron chi connectivity index (χ0n) is 18.4. The van der Waals surface area contributed by atoms with Crippen LogP contribution < -0.4 is 15.5 Å². The number of carbonyl (C=O) groups is 2. The van der Waals surface area contributed by atoms with E-state index in [2.05, 4.69) is 20.9 Å². The lowest BCUT2D eigenvalue weighted by Crippen LogP contribution is -2.28. The highest BCUT2D eigenvalue weighted by atomic mass is 16.6. The highest BCUT2D eigenvalue weighted by Crippen LogP contribution is 2.26. The van der Waals surface area contributed by atoms with E-state index in [-0.39, 0.29) is 23.2 Å². The van der Waals surface area contributed by atoms with E-state index in [9.17, 15) is 19.7 Å². The molecular weight excluding hydrogens is 432 g/mol. The molecule has 0 fully saturated rings. The molecule has 12 heteroatoms. The van der Waals surface area contributed by atoms with Crippen LogP contribution in [0.2, 0.25) is 0 Å². The molecule has 3 aromatic rings. The largest absolute Gasteiger partial charge is 0.475 e. The van der Waals surface area contributed by atoms with Gasteiger partial charge in [-0.1, -0.05) is 12.1 Å². The van der Waals surface area contributed by atoms with Crippen molar-refractivity contribution in [3.8, 4) is 5.88 Å². The molecule has 0 bridgehead atoms. The number of methoxy groups -OCH3 is 1. The third kappa shape index (κ3) is 5.42. The van der Waals surface area contributed by atoms with Crippen molar-refractivity contribution in [1.29, 1.82) is 0 Å². The number of aryl methyl sites for hydroxylation is 1. The summed E-state index contributed by atoms with van der Waals surface area (Å²) in [6, 6.07) is 9.31. The molecule has 0 saturated carbocycles. The summed E-state index contributed by atoms with van der Waals surface area (Å²) in [5.74, 6) is -0.291. The summed E-state index contributed by atoms with van der Waals surface area (Å²) in [4.78, 5) is 35.2. The lowest BCUT2D eigenvalue weighted by molar-refractivity contribution is -0.385. The Kier molecular flexibility index (Phi) is 6.86. The van der Waals surface area contributed by atoms with Gasteiger partial charge < -0.3 is 14.5 Å². The van der Waals surface area contributed by atoms with Gasteiger partial charge in [-0.25, -0.2) is 10.1 Å². The average Bonchev–Trinajstić information content (AvgIpc) is 3.43. The van der Waals surface area contributed by atoms with Gasteiger partial charge in [0.25, 0.3) is 11.8 Å². The lowest BCUT2D eigenvalue weighted by atomic mass is 10.1. The van der Waals surface area contributed by atoms with Crippen LogP contribution in [0.25, 0.3) is 0 Å². The van der Waals surface area contributed by atoms with Gasteiger partial charge in [0.05, 0.1) is 17.7 Å². The number of amides is 2. The van der Waals surface area contributed by atoms with Gasteiger partial charge in [0.15, 0.2) is 5.76 Å². The predicted molar refractivity (Wildman–Crippen MR) is 118 cm³/mol. The van der Waals surface area contributed by atoms with Gasteiger partial charge in [-0.05, 0) is 50.6 Å². The lowest BCUT2D eigenvalue weighted by Gasteiger charge is -2.10. The monoisotopic (exact) mass is 454 g/mol. The predicted octanol–water partition coefficient (Wildman–Crippen LogP) is 3.06. The van der Waals surface area contributed by atoms with E-state index in [0.717, 1.165) is 10.9 Å². The van der Waals surface area contributed by atoms with E-state index in [1.807, 2.05) is 0 Å². The fourth-order valence-corrected chi connectivity index (χ4v) is 2.82. The van der Waals surface area contributed by atoms with E-state index in [0.29, 0.717) is 22.7 Å². The third-order valence-corrected chi connectivity index (χ3v) is 4.68. The quantitative estimate of drug-likeness (QED) is 0.301. The van der Waals surface area contributed by atoms with Crippen LogP contribution in [0.15, 0.2) is 52.1 Å². The summed E-state index contributed by atoms with van der Waals surface area (Å²) in [6.45, 7) is 4.95. The smallest absolute Gasteiger partial charge is 0.350 e. The third-order valence-electron chi connectivity index (χ3n) is 4.68. The van der Waals surface area contributed by atoms with Crippen molar-refractivity contribution in [1.82, 2.24) is 15.2 Å². The molecule has 33 heavy (non-hydrogen) atoms. The molecule has 1 atom stereocenters. The number of ether oxygens (including phenoxy) is 1. The van der Waals surface area contributed by atoms with Gasteiger partial charge in [0, 0.05) is 5.69 Å². The highest BCUT2D eigenvalue weighted by molar-refractivity contribution is 6.04. The molecule has 0 unspecified atom stereocenters. The van der Waals surface area contributed by atoms with Crippen molar-refractivity contribution in [3.05, 3.63) is 69.8 Å². The van der Waals surface area contributed by atoms with Crippen molar-refractivity contribution >= 4 is 28.9 Å². The molecular formula is C21H22N6O6. The molecule has 0 radical (unpaired) electrons. The average molecular weight is 454 g/mol. The first-order valence-corrected chi connectivity index (χ1v) is 9.79. The minimum Gasteiger partial charge on any atom is -0.475 e. The Morgan fingerprint density at radius 1 is 1.30 bits per heavy atom. The molecule has 0 aliphatic rings. The van der Waals surface area contributed by atoms with Crippen LogP contribution in [0.1, 0.15) is 41.8 Å². The number of hydrogen-bond acceptors (Lipinski definition) is 8. The Balaban J connectivity index is 1.68. The number of rotatable bonds is 8. The molecule has 12 nitrogen and oxygen atoms in total. The number of nitro groups is 1. The van der Waals surface area contributed by atoms with Gasteiger partial charge in [0.1, 0.15) is 18.0 Å². The van der Waals surface area contributed by atoms with E-state index in [1.54, 1.807) is 50.2 Å². The molecule has 2 N–H and O–H groups in total. The standard InChI is InChI=1S/C21H22N6O6/c1-12-8-9-18(33-12)20(29)22-16-7-5-6-15(10-16)13(2)23-24-19(28)14(3)26-11-17(27(30)31)21(25-26)32-4/h5-11,14H,1-4H3,(H,22,29)(H,24,28)/b23-13-/t14-/m1/s1. The molecule has 2 heterocycles. The summed E-state index contributed by atoms with van der Waals surface area (Å²) in [5, 5.41) is 21.8. The second-order valence-electron chi connectivity index (χ2n) is 7.06. The normalized spacial score (nSPS) is 12.2. The molecule has 172 valence electrons. The molecule has 0 spiro atoms. The van der Waals surface area contributed by atoms with Crippen LogP contribution in [-0.2, 0) is 4.79 Å². The number of nitrogens with one attached hydrogen (secondary N) is 2.